The van der Waals surface area contributed by atoms with Crippen LogP contribution in [-0.4, -0.2) is 16.4 Å². The molecule has 0 fully saturated rings. The normalized spacial score (nSPS) is 11.6. The molecule has 0 saturated heterocycles. The summed E-state index contributed by atoms with van der Waals surface area (Å²) < 4.78 is 10.9. The second-order valence-corrected chi connectivity index (χ2v) is 11.9. The molecule has 0 aliphatic carbocycles. The third-order valence-electron chi connectivity index (χ3n) is 7.75. The Bertz CT molecular complexity index is 1720. The summed E-state index contributed by atoms with van der Waals surface area (Å²) in [7, 11) is 0. The van der Waals surface area contributed by atoms with Crippen LogP contribution in [0.15, 0.2) is 121 Å². The van der Waals surface area contributed by atoms with Crippen molar-refractivity contribution in [2.24, 2.45) is 0 Å². The topological polar surface area (TPSA) is 79.2 Å². The monoisotopic (exact) mass is 587 g/mol. The smallest absolute Gasteiger partial charge is 0.508 e. The Hall–Kier alpha value is -5.07. The molecule has 5 rings (SSSR count). The Kier molecular flexibility index (Phi) is 8.47. The summed E-state index contributed by atoms with van der Waals surface area (Å²) in [4.78, 5) is 14.7. The van der Waals surface area contributed by atoms with Gasteiger partial charge in [-0.05, 0) is 116 Å². The van der Waals surface area contributed by atoms with E-state index in [2.05, 4.69) is 24.8 Å². The molecule has 6 nitrogen and oxygen atoms in total. The first kappa shape index (κ1) is 30.4. The van der Waals surface area contributed by atoms with Crippen molar-refractivity contribution in [2.45, 2.75) is 45.6 Å². The number of phenols is 1. The molecule has 44 heavy (non-hydrogen) atoms. The molecule has 6 heteroatoms. The van der Waals surface area contributed by atoms with Gasteiger partial charge < -0.3 is 24.6 Å². The fourth-order valence-electron chi connectivity index (χ4n) is 5.09. The zero-order chi connectivity index (χ0) is 31.5. The second-order valence-electron chi connectivity index (χ2n) is 11.9. The maximum Gasteiger partial charge on any atom is 0.519 e. The van der Waals surface area contributed by atoms with Gasteiger partial charge in [-0.15, -0.1) is 0 Å². The predicted molar refractivity (Wildman–Crippen MR) is 174 cm³/mol. The number of carbonyl (C=O) groups is 1. The average Bonchev–Trinajstić information content (AvgIpc) is 2.99. The van der Waals surface area contributed by atoms with Gasteiger partial charge in [0.25, 0.3) is 0 Å². The molecule has 0 heterocycles. The largest absolute Gasteiger partial charge is 0.519 e. The minimum atomic E-state index is -0.895. The number of hydrogen-bond donors (Lipinski definition) is 2. The highest BCUT2D eigenvalue weighted by atomic mass is 16.7. The number of hydrogen-bond acceptors (Lipinski definition) is 6. The molecule has 0 radical (unpaired) electrons. The number of carbonyl (C=O) groups excluding carboxylic acids is 1. The van der Waals surface area contributed by atoms with E-state index in [-0.39, 0.29) is 11.2 Å². The molecule has 5 aromatic rings. The van der Waals surface area contributed by atoms with Crippen molar-refractivity contribution in [2.75, 3.05) is 4.90 Å². The second kappa shape index (κ2) is 12.3. The average molecular weight is 588 g/mol. The van der Waals surface area contributed by atoms with Crippen LogP contribution in [0.3, 0.4) is 0 Å². The van der Waals surface area contributed by atoms with Gasteiger partial charge in [-0.3, -0.25) is 0 Å². The van der Waals surface area contributed by atoms with Crippen LogP contribution in [0.2, 0.25) is 0 Å². The van der Waals surface area contributed by atoms with E-state index >= 15 is 0 Å². The maximum atomic E-state index is 12.6. The fourth-order valence-corrected chi connectivity index (χ4v) is 5.09. The first-order chi connectivity index (χ1) is 20.9. The van der Waals surface area contributed by atoms with Crippen LogP contribution < -0.4 is 14.4 Å². The van der Waals surface area contributed by atoms with Crippen molar-refractivity contribution in [1.82, 2.24) is 0 Å². The molecule has 0 aliphatic rings. The highest BCUT2D eigenvalue weighted by Crippen LogP contribution is 2.37. The number of aryl methyl sites for hydroxylation is 1. The molecule has 0 atom stereocenters. The first-order valence-electron chi connectivity index (χ1n) is 14.5. The van der Waals surface area contributed by atoms with Gasteiger partial charge in [-0.25, -0.2) is 4.79 Å². The number of benzene rings is 5. The molecular formula is C38H37NO5. The van der Waals surface area contributed by atoms with E-state index in [1.807, 2.05) is 85.8 Å². The molecule has 5 aromatic carbocycles. The lowest BCUT2D eigenvalue weighted by molar-refractivity contribution is 0.0785. The zero-order valence-corrected chi connectivity index (χ0v) is 25.6. The standard InChI is InChI=1S/C38H37NO5/c1-26-7-6-8-32(25-26)39(30-15-19-33(40)20-16-30)31-17-23-35(24-18-31)44-36(41)43-34-21-13-28(14-22-34)37(2,3)27-9-11-29(12-10-27)38(4,5)42/h6-25,40,42H,1-5H3. The molecule has 0 amide bonds. The van der Waals surface area contributed by atoms with Crippen LogP contribution >= 0.6 is 0 Å². The number of phenolic OH excluding ortho intramolecular Hbond substituents is 1. The highest BCUT2D eigenvalue weighted by molar-refractivity contribution is 5.77. The van der Waals surface area contributed by atoms with E-state index in [4.69, 9.17) is 9.47 Å². The fraction of sp³-hybridized carbons (Fsp3) is 0.184. The molecule has 2 N–H and O–H groups in total. The quantitative estimate of drug-likeness (QED) is 0.139. The Labute approximate surface area is 258 Å². The SMILES string of the molecule is Cc1cccc(N(c2ccc(O)cc2)c2ccc(OC(=O)Oc3ccc(C(C)(C)c4ccc(C(C)(C)O)cc4)cc3)cc2)c1. The van der Waals surface area contributed by atoms with E-state index in [1.165, 1.54) is 0 Å². The van der Waals surface area contributed by atoms with Gasteiger partial charge in [-0.2, -0.15) is 0 Å². The Balaban J connectivity index is 1.26. The lowest BCUT2D eigenvalue weighted by Crippen LogP contribution is -2.20. The molecule has 224 valence electrons. The van der Waals surface area contributed by atoms with Crippen molar-refractivity contribution in [3.05, 3.63) is 144 Å². The van der Waals surface area contributed by atoms with Crippen LogP contribution in [0.5, 0.6) is 17.2 Å². The molecular weight excluding hydrogens is 550 g/mol. The number of nitrogens with zero attached hydrogens (tertiary/aromatic N) is 1. The summed E-state index contributed by atoms with van der Waals surface area (Å²) >= 11 is 0. The van der Waals surface area contributed by atoms with Crippen molar-refractivity contribution in [3.63, 3.8) is 0 Å². The summed E-state index contributed by atoms with van der Waals surface area (Å²) in [5.74, 6) is 0.915. The summed E-state index contributed by atoms with van der Waals surface area (Å²) in [5, 5.41) is 20.1. The van der Waals surface area contributed by atoms with E-state index in [9.17, 15) is 15.0 Å². The molecule has 0 saturated carbocycles. The third kappa shape index (κ3) is 6.93. The number of anilines is 3. The predicted octanol–water partition coefficient (Wildman–Crippen LogP) is 9.30. The molecule has 0 bridgehead atoms. The van der Waals surface area contributed by atoms with Crippen LogP contribution in [0, 0.1) is 6.92 Å². The van der Waals surface area contributed by atoms with Crippen LogP contribution in [-0.2, 0) is 11.0 Å². The summed E-state index contributed by atoms with van der Waals surface area (Å²) in [5.41, 5.74) is 5.63. The molecule has 0 aliphatic heterocycles. The van der Waals surface area contributed by atoms with Crippen molar-refractivity contribution >= 4 is 23.2 Å². The van der Waals surface area contributed by atoms with Gasteiger partial charge in [0.15, 0.2) is 0 Å². The van der Waals surface area contributed by atoms with Crippen LogP contribution in [0.25, 0.3) is 0 Å². The molecule has 0 spiro atoms. The van der Waals surface area contributed by atoms with Gasteiger partial charge in [0.1, 0.15) is 17.2 Å². The minimum absolute atomic E-state index is 0.191. The Morgan fingerprint density at radius 3 is 1.57 bits per heavy atom. The van der Waals surface area contributed by atoms with E-state index in [1.54, 1.807) is 50.2 Å². The highest BCUT2D eigenvalue weighted by Gasteiger charge is 2.25. The van der Waals surface area contributed by atoms with Crippen molar-refractivity contribution < 1.29 is 24.5 Å². The number of ether oxygens (including phenoxy) is 2. The maximum absolute atomic E-state index is 12.6. The Morgan fingerprint density at radius 2 is 1.07 bits per heavy atom. The third-order valence-corrected chi connectivity index (χ3v) is 7.75. The lowest BCUT2D eigenvalue weighted by Gasteiger charge is -2.27. The summed E-state index contributed by atoms with van der Waals surface area (Å²) in [6, 6.07) is 37.6. The molecule has 0 aromatic heterocycles. The van der Waals surface area contributed by atoms with Gasteiger partial charge in [0.2, 0.25) is 0 Å². The summed E-state index contributed by atoms with van der Waals surface area (Å²) in [6.45, 7) is 9.83. The van der Waals surface area contributed by atoms with Crippen molar-refractivity contribution in [1.29, 1.82) is 0 Å². The van der Waals surface area contributed by atoms with Gasteiger partial charge in [-0.1, -0.05) is 62.4 Å². The van der Waals surface area contributed by atoms with E-state index < -0.39 is 11.8 Å². The van der Waals surface area contributed by atoms with E-state index in [0.29, 0.717) is 11.5 Å². The van der Waals surface area contributed by atoms with Gasteiger partial charge >= 0.3 is 6.16 Å². The van der Waals surface area contributed by atoms with Gasteiger partial charge in [0, 0.05) is 22.5 Å². The van der Waals surface area contributed by atoms with Crippen molar-refractivity contribution in [3.8, 4) is 17.2 Å². The van der Waals surface area contributed by atoms with Gasteiger partial charge in [0.05, 0.1) is 5.60 Å². The zero-order valence-electron chi connectivity index (χ0n) is 25.6. The van der Waals surface area contributed by atoms with Crippen LogP contribution in [0.1, 0.15) is 49.9 Å². The number of rotatable bonds is 8. The summed E-state index contributed by atoms with van der Waals surface area (Å²) in [6.07, 6.45) is -0.832. The molecule has 0 unspecified atom stereocenters. The number of aliphatic hydroxyl groups is 1. The van der Waals surface area contributed by atoms with Crippen LogP contribution in [0.4, 0.5) is 21.9 Å². The minimum Gasteiger partial charge on any atom is -0.508 e. The first-order valence-corrected chi connectivity index (χ1v) is 14.5. The van der Waals surface area contributed by atoms with E-state index in [0.717, 1.165) is 39.3 Å². The lowest BCUT2D eigenvalue weighted by atomic mass is 9.77. The Morgan fingerprint density at radius 1 is 0.614 bits per heavy atom. The number of aromatic hydroxyl groups is 1.